The molecule has 0 saturated heterocycles. The second-order valence-corrected chi connectivity index (χ2v) is 8.27. The largest absolute Gasteiger partial charge is 0.335 e. The van der Waals surface area contributed by atoms with Crippen LogP contribution in [0.3, 0.4) is 0 Å². The van der Waals surface area contributed by atoms with Gasteiger partial charge in [0.25, 0.3) is 0 Å². The number of benzene rings is 2. The number of nitrogens with one attached hydrogen (secondary N) is 2. The number of aryl methyl sites for hydroxylation is 1. The van der Waals surface area contributed by atoms with Gasteiger partial charge in [0.05, 0.1) is 17.4 Å². The molecule has 0 bridgehead atoms. The number of aromatic amines is 1. The molecule has 3 rings (SSSR count). The number of rotatable bonds is 8. The summed E-state index contributed by atoms with van der Waals surface area (Å²) in [4.78, 5) is 30.7. The lowest BCUT2D eigenvalue weighted by Crippen LogP contribution is -2.39. The molecule has 2 N–H and O–H groups in total. The zero-order valence-electron chi connectivity index (χ0n) is 17.6. The van der Waals surface area contributed by atoms with E-state index in [2.05, 4.69) is 20.5 Å². The maximum absolute atomic E-state index is 13.9. The Bertz CT molecular complexity index is 1070. The Balaban J connectivity index is 1.57. The molecular weight excluding hydrogens is 417 g/mol. The minimum atomic E-state index is -0.523. The molecule has 0 spiro atoms. The number of halogens is 1. The Morgan fingerprint density at radius 3 is 2.65 bits per heavy atom. The Hall–Kier alpha value is -3.20. The van der Waals surface area contributed by atoms with Crippen LogP contribution in [-0.4, -0.2) is 50.7 Å². The maximum atomic E-state index is 13.9. The number of H-pyrrole nitrogens is 1. The summed E-state index contributed by atoms with van der Waals surface area (Å²) in [6.07, 6.45) is 0.796. The van der Waals surface area contributed by atoms with Gasteiger partial charge in [0.15, 0.2) is 5.82 Å². The number of aromatic nitrogens is 3. The molecule has 2 aromatic carbocycles. The fraction of sp³-hybridized carbons (Fsp3) is 0.273. The van der Waals surface area contributed by atoms with Crippen LogP contribution in [0.4, 0.5) is 10.1 Å². The van der Waals surface area contributed by atoms with Gasteiger partial charge in [0.1, 0.15) is 5.82 Å². The highest BCUT2D eigenvalue weighted by molar-refractivity contribution is 8.00. The quantitative estimate of drug-likeness (QED) is 0.520. The molecule has 1 heterocycles. The van der Waals surface area contributed by atoms with E-state index in [4.69, 9.17) is 0 Å². The average molecular weight is 442 g/mol. The first-order chi connectivity index (χ1) is 14.9. The highest BCUT2D eigenvalue weighted by Gasteiger charge is 2.23. The van der Waals surface area contributed by atoms with E-state index >= 15 is 0 Å². The number of anilines is 1. The number of likely N-dealkylation sites (N-methyl/N-ethyl adjacent to an activating group) is 1. The zero-order valence-corrected chi connectivity index (χ0v) is 18.4. The highest BCUT2D eigenvalue weighted by Crippen LogP contribution is 2.25. The highest BCUT2D eigenvalue weighted by atomic mass is 32.2. The standard InChI is InChI=1S/C22H24FN5O2S/c1-4-15-9-5-8-12-18(15)24-19(29)13-28(3)21(30)14(2)31-22-25-20(26-27-22)16-10-6-7-11-17(16)23/h5-12,14H,4,13H2,1-3H3,(H,24,29)(H,25,26,27). The third kappa shape index (κ3) is 5.69. The van der Waals surface area contributed by atoms with Crippen molar-refractivity contribution in [3.63, 3.8) is 0 Å². The molecule has 31 heavy (non-hydrogen) atoms. The van der Waals surface area contributed by atoms with Crippen molar-refractivity contribution in [1.82, 2.24) is 20.1 Å². The maximum Gasteiger partial charge on any atom is 0.243 e. The van der Waals surface area contributed by atoms with E-state index in [0.29, 0.717) is 16.5 Å². The zero-order chi connectivity index (χ0) is 22.4. The first-order valence-electron chi connectivity index (χ1n) is 9.85. The summed E-state index contributed by atoms with van der Waals surface area (Å²) in [5.74, 6) is -0.618. The molecule has 0 aliphatic rings. The van der Waals surface area contributed by atoms with E-state index in [1.54, 1.807) is 32.2 Å². The van der Waals surface area contributed by atoms with Crippen molar-refractivity contribution >= 4 is 29.3 Å². The van der Waals surface area contributed by atoms with Gasteiger partial charge in [-0.15, -0.1) is 5.10 Å². The SMILES string of the molecule is CCc1ccccc1NC(=O)CN(C)C(=O)C(C)Sc1n[nH]c(-c2ccccc2F)n1. The summed E-state index contributed by atoms with van der Waals surface area (Å²) >= 11 is 1.14. The summed E-state index contributed by atoms with van der Waals surface area (Å²) in [5.41, 5.74) is 2.09. The smallest absolute Gasteiger partial charge is 0.243 e. The third-order valence-corrected chi connectivity index (χ3v) is 5.60. The Kier molecular flexibility index (Phi) is 7.41. The van der Waals surface area contributed by atoms with Crippen LogP contribution in [0.1, 0.15) is 19.4 Å². The van der Waals surface area contributed by atoms with Crippen molar-refractivity contribution in [2.45, 2.75) is 30.7 Å². The third-order valence-electron chi connectivity index (χ3n) is 4.65. The van der Waals surface area contributed by atoms with Crippen LogP contribution in [0.15, 0.2) is 53.7 Å². The lowest BCUT2D eigenvalue weighted by Gasteiger charge is -2.20. The van der Waals surface area contributed by atoms with Gasteiger partial charge in [-0.1, -0.05) is 49.0 Å². The van der Waals surface area contributed by atoms with Crippen molar-refractivity contribution in [3.8, 4) is 11.4 Å². The van der Waals surface area contributed by atoms with Crippen molar-refractivity contribution in [2.24, 2.45) is 0 Å². The van der Waals surface area contributed by atoms with Crippen molar-refractivity contribution in [3.05, 3.63) is 59.9 Å². The van der Waals surface area contributed by atoms with Gasteiger partial charge in [-0.2, -0.15) is 0 Å². The molecule has 2 amide bonds. The Morgan fingerprint density at radius 2 is 1.90 bits per heavy atom. The van der Waals surface area contributed by atoms with Gasteiger partial charge in [-0.25, -0.2) is 9.37 Å². The van der Waals surface area contributed by atoms with E-state index in [0.717, 1.165) is 29.4 Å². The van der Waals surface area contributed by atoms with E-state index in [9.17, 15) is 14.0 Å². The van der Waals surface area contributed by atoms with Crippen LogP contribution in [0, 0.1) is 5.82 Å². The molecular formula is C22H24FN5O2S. The normalized spacial score (nSPS) is 11.7. The molecule has 1 aromatic heterocycles. The van der Waals surface area contributed by atoms with Crippen molar-refractivity contribution < 1.29 is 14.0 Å². The number of nitrogens with zero attached hydrogens (tertiary/aromatic N) is 3. The molecule has 7 nitrogen and oxygen atoms in total. The summed E-state index contributed by atoms with van der Waals surface area (Å²) in [5, 5.41) is 9.42. The minimum absolute atomic E-state index is 0.0732. The van der Waals surface area contributed by atoms with E-state index in [1.165, 1.54) is 11.0 Å². The topological polar surface area (TPSA) is 91.0 Å². The number of carbonyl (C=O) groups is 2. The van der Waals surface area contributed by atoms with Crippen LogP contribution in [0.2, 0.25) is 0 Å². The van der Waals surface area contributed by atoms with Gasteiger partial charge in [0, 0.05) is 12.7 Å². The fourth-order valence-electron chi connectivity index (χ4n) is 3.03. The second-order valence-electron chi connectivity index (χ2n) is 6.96. The van der Waals surface area contributed by atoms with Crippen LogP contribution in [-0.2, 0) is 16.0 Å². The number of para-hydroxylation sites is 1. The van der Waals surface area contributed by atoms with Gasteiger partial charge >= 0.3 is 0 Å². The average Bonchev–Trinajstić information content (AvgIpc) is 3.21. The van der Waals surface area contributed by atoms with Crippen molar-refractivity contribution in [1.29, 1.82) is 0 Å². The molecule has 0 fully saturated rings. The predicted molar refractivity (Wildman–Crippen MR) is 119 cm³/mol. The van der Waals surface area contributed by atoms with E-state index < -0.39 is 11.1 Å². The Labute approximate surface area is 184 Å². The van der Waals surface area contributed by atoms with E-state index in [1.807, 2.05) is 31.2 Å². The lowest BCUT2D eigenvalue weighted by molar-refractivity contribution is -0.132. The molecule has 1 atom stereocenters. The molecule has 0 saturated carbocycles. The van der Waals surface area contributed by atoms with Gasteiger partial charge in [0.2, 0.25) is 17.0 Å². The summed E-state index contributed by atoms with van der Waals surface area (Å²) in [7, 11) is 1.58. The van der Waals surface area contributed by atoms with Gasteiger partial charge < -0.3 is 10.2 Å². The van der Waals surface area contributed by atoms with Crippen molar-refractivity contribution in [2.75, 3.05) is 18.9 Å². The van der Waals surface area contributed by atoms with E-state index in [-0.39, 0.29) is 18.4 Å². The fourth-order valence-corrected chi connectivity index (χ4v) is 3.86. The summed E-state index contributed by atoms with van der Waals surface area (Å²) in [6.45, 7) is 3.66. The molecule has 3 aromatic rings. The first-order valence-corrected chi connectivity index (χ1v) is 10.7. The number of amides is 2. The second kappa shape index (κ2) is 10.2. The molecule has 0 aliphatic heterocycles. The van der Waals surface area contributed by atoms with Gasteiger partial charge in [-0.3, -0.25) is 14.7 Å². The number of carbonyl (C=O) groups excluding carboxylic acids is 2. The van der Waals surface area contributed by atoms with Crippen LogP contribution >= 0.6 is 11.8 Å². The molecule has 9 heteroatoms. The lowest BCUT2D eigenvalue weighted by atomic mass is 10.1. The molecule has 162 valence electrons. The van der Waals surface area contributed by atoms with Gasteiger partial charge in [-0.05, 0) is 37.1 Å². The summed E-state index contributed by atoms with van der Waals surface area (Å²) < 4.78 is 13.9. The predicted octanol–water partition coefficient (Wildman–Crippen LogP) is 3.75. The van der Waals surface area contributed by atoms with Crippen LogP contribution in [0.25, 0.3) is 11.4 Å². The summed E-state index contributed by atoms with van der Waals surface area (Å²) in [6, 6.07) is 13.8. The number of thioether (sulfide) groups is 1. The van der Waals surface area contributed by atoms with Crippen LogP contribution in [0.5, 0.6) is 0 Å². The molecule has 1 unspecified atom stereocenters. The minimum Gasteiger partial charge on any atom is -0.335 e. The number of hydrogen-bond donors (Lipinski definition) is 2. The molecule has 0 radical (unpaired) electrons. The monoisotopic (exact) mass is 441 g/mol. The first kappa shape index (κ1) is 22.5. The number of hydrogen-bond acceptors (Lipinski definition) is 5. The van der Waals surface area contributed by atoms with Crippen LogP contribution < -0.4 is 5.32 Å². The Morgan fingerprint density at radius 1 is 1.19 bits per heavy atom. The molecule has 0 aliphatic carbocycles.